The second-order valence-electron chi connectivity index (χ2n) is 6.72. The molecule has 144 valence electrons. The van der Waals surface area contributed by atoms with Crippen LogP contribution in [0.5, 0.6) is 5.88 Å². The molecule has 0 N–H and O–H groups in total. The van der Waals surface area contributed by atoms with E-state index in [0.29, 0.717) is 48.2 Å². The van der Waals surface area contributed by atoms with Gasteiger partial charge in [-0.1, -0.05) is 5.16 Å². The first kappa shape index (κ1) is 18.1. The lowest BCUT2D eigenvalue weighted by molar-refractivity contribution is 0.0786. The van der Waals surface area contributed by atoms with Crippen molar-refractivity contribution in [1.82, 2.24) is 20.0 Å². The zero-order valence-corrected chi connectivity index (χ0v) is 15.3. The Labute approximate surface area is 161 Å². The number of benzene rings is 1. The van der Waals surface area contributed by atoms with Gasteiger partial charge in [0.05, 0.1) is 12.7 Å². The largest absolute Gasteiger partial charge is 0.481 e. The summed E-state index contributed by atoms with van der Waals surface area (Å²) in [5.41, 5.74) is 1.22. The molecule has 0 spiro atoms. The lowest BCUT2D eigenvalue weighted by Gasteiger charge is -2.16. The monoisotopic (exact) mass is 382 g/mol. The predicted molar refractivity (Wildman–Crippen MR) is 98.2 cm³/mol. The van der Waals surface area contributed by atoms with Gasteiger partial charge in [0.1, 0.15) is 5.82 Å². The maximum Gasteiger partial charge on any atom is 0.257 e. The molecule has 1 aliphatic rings. The van der Waals surface area contributed by atoms with E-state index in [-0.39, 0.29) is 17.6 Å². The average molecular weight is 382 g/mol. The second kappa shape index (κ2) is 7.75. The van der Waals surface area contributed by atoms with Crippen LogP contribution in [-0.4, -0.2) is 46.1 Å². The number of amides is 1. The maximum absolute atomic E-state index is 13.0. The van der Waals surface area contributed by atoms with Crippen molar-refractivity contribution in [2.24, 2.45) is 5.92 Å². The zero-order chi connectivity index (χ0) is 19.5. The number of methoxy groups -OCH3 is 1. The van der Waals surface area contributed by atoms with Crippen LogP contribution < -0.4 is 4.74 Å². The van der Waals surface area contributed by atoms with E-state index in [1.807, 2.05) is 4.90 Å². The van der Waals surface area contributed by atoms with E-state index in [4.69, 9.17) is 9.26 Å². The predicted octanol–water partition coefficient (Wildman–Crippen LogP) is 2.98. The number of rotatable bonds is 5. The number of pyridine rings is 1. The summed E-state index contributed by atoms with van der Waals surface area (Å²) in [5, 5.41) is 4.02. The van der Waals surface area contributed by atoms with Gasteiger partial charge in [0.15, 0.2) is 5.82 Å². The smallest absolute Gasteiger partial charge is 0.257 e. The first-order valence-corrected chi connectivity index (χ1v) is 9.00. The molecule has 1 fully saturated rings. The third-order valence-electron chi connectivity index (χ3n) is 4.80. The first-order valence-electron chi connectivity index (χ1n) is 9.00. The van der Waals surface area contributed by atoms with Crippen LogP contribution in [0.3, 0.4) is 0 Å². The van der Waals surface area contributed by atoms with Crippen LogP contribution in [0, 0.1) is 11.7 Å². The number of carbonyl (C=O) groups is 1. The highest BCUT2D eigenvalue weighted by atomic mass is 19.1. The molecule has 4 rings (SSSR count). The quantitative estimate of drug-likeness (QED) is 0.675. The van der Waals surface area contributed by atoms with Crippen LogP contribution in [0.1, 0.15) is 22.6 Å². The van der Waals surface area contributed by atoms with E-state index in [2.05, 4.69) is 15.1 Å². The van der Waals surface area contributed by atoms with E-state index < -0.39 is 0 Å². The highest BCUT2D eigenvalue weighted by Gasteiger charge is 2.28. The summed E-state index contributed by atoms with van der Waals surface area (Å²) in [6.45, 7) is 1.31. The number of halogens is 1. The van der Waals surface area contributed by atoms with Crippen molar-refractivity contribution in [2.45, 2.75) is 12.8 Å². The van der Waals surface area contributed by atoms with Crippen LogP contribution in [0.15, 0.2) is 47.1 Å². The van der Waals surface area contributed by atoms with Crippen molar-refractivity contribution in [3.63, 3.8) is 0 Å². The first-order chi connectivity index (χ1) is 13.6. The molecule has 1 atom stereocenters. The van der Waals surface area contributed by atoms with Crippen molar-refractivity contribution >= 4 is 5.91 Å². The molecular weight excluding hydrogens is 363 g/mol. The van der Waals surface area contributed by atoms with Crippen LogP contribution in [-0.2, 0) is 6.42 Å². The summed E-state index contributed by atoms with van der Waals surface area (Å²) >= 11 is 0. The van der Waals surface area contributed by atoms with Gasteiger partial charge in [0.25, 0.3) is 11.8 Å². The summed E-state index contributed by atoms with van der Waals surface area (Å²) in [7, 11) is 1.54. The summed E-state index contributed by atoms with van der Waals surface area (Å²) < 4.78 is 23.3. The molecule has 1 amide bonds. The van der Waals surface area contributed by atoms with Crippen molar-refractivity contribution in [1.29, 1.82) is 0 Å². The molecule has 3 aromatic rings. The van der Waals surface area contributed by atoms with Gasteiger partial charge >= 0.3 is 0 Å². The van der Waals surface area contributed by atoms with Crippen LogP contribution in [0.4, 0.5) is 4.39 Å². The number of aromatic nitrogens is 3. The highest BCUT2D eigenvalue weighted by molar-refractivity contribution is 5.94. The average Bonchev–Trinajstić information content (AvgIpc) is 3.38. The molecule has 3 heterocycles. The molecule has 1 aromatic carbocycles. The second-order valence-corrected chi connectivity index (χ2v) is 6.72. The van der Waals surface area contributed by atoms with E-state index in [1.165, 1.54) is 25.4 Å². The Hall–Kier alpha value is -3.29. The van der Waals surface area contributed by atoms with E-state index in [0.717, 1.165) is 6.42 Å². The molecule has 0 aliphatic carbocycles. The lowest BCUT2D eigenvalue weighted by atomic mass is 10.0. The molecule has 1 aliphatic heterocycles. The Bertz CT molecular complexity index is 956. The van der Waals surface area contributed by atoms with Crippen LogP contribution >= 0.6 is 0 Å². The van der Waals surface area contributed by atoms with Crippen molar-refractivity contribution in [2.75, 3.05) is 20.2 Å². The van der Waals surface area contributed by atoms with Gasteiger partial charge in [-0.15, -0.1) is 0 Å². The van der Waals surface area contributed by atoms with E-state index in [1.54, 1.807) is 24.3 Å². The minimum atomic E-state index is -0.314. The van der Waals surface area contributed by atoms with Crippen LogP contribution in [0.25, 0.3) is 11.5 Å². The summed E-state index contributed by atoms with van der Waals surface area (Å²) in [6.07, 6.45) is 3.02. The minimum absolute atomic E-state index is 0.0437. The molecule has 0 bridgehead atoms. The summed E-state index contributed by atoms with van der Waals surface area (Å²) in [4.78, 5) is 22.9. The lowest BCUT2D eigenvalue weighted by Crippen LogP contribution is -2.29. The van der Waals surface area contributed by atoms with E-state index in [9.17, 15) is 9.18 Å². The summed E-state index contributed by atoms with van der Waals surface area (Å²) in [6, 6.07) is 9.31. The van der Waals surface area contributed by atoms with Gasteiger partial charge in [0, 0.05) is 37.3 Å². The number of carbonyl (C=O) groups excluding carboxylic acids is 1. The molecule has 7 nitrogen and oxygen atoms in total. The normalized spacial score (nSPS) is 16.4. The van der Waals surface area contributed by atoms with Gasteiger partial charge < -0.3 is 14.2 Å². The third kappa shape index (κ3) is 3.85. The summed E-state index contributed by atoms with van der Waals surface area (Å²) in [5.74, 6) is 1.33. The van der Waals surface area contributed by atoms with Gasteiger partial charge in [0.2, 0.25) is 5.88 Å². The van der Waals surface area contributed by atoms with Crippen molar-refractivity contribution in [3.05, 3.63) is 59.8 Å². The number of hydrogen-bond donors (Lipinski definition) is 0. The molecule has 28 heavy (non-hydrogen) atoms. The fourth-order valence-electron chi connectivity index (χ4n) is 3.30. The molecule has 8 heteroatoms. The number of likely N-dealkylation sites (tertiary alicyclic amines) is 1. The van der Waals surface area contributed by atoms with Crippen molar-refractivity contribution < 1.29 is 18.4 Å². The molecule has 1 unspecified atom stereocenters. The van der Waals surface area contributed by atoms with Crippen molar-refractivity contribution in [3.8, 4) is 17.3 Å². The number of hydrogen-bond acceptors (Lipinski definition) is 6. The molecule has 2 aromatic heterocycles. The highest BCUT2D eigenvalue weighted by Crippen LogP contribution is 2.24. The molecule has 0 radical (unpaired) electrons. The number of nitrogens with zero attached hydrogens (tertiary/aromatic N) is 4. The molecular formula is C20H19FN4O3. The zero-order valence-electron chi connectivity index (χ0n) is 15.3. The third-order valence-corrected chi connectivity index (χ3v) is 4.80. The van der Waals surface area contributed by atoms with Gasteiger partial charge in [-0.05, 0) is 42.7 Å². The Morgan fingerprint density at radius 3 is 2.82 bits per heavy atom. The standard InChI is InChI=1S/C20H19FN4O3/c1-27-18-7-4-15(11-22-18)20(26)25-9-8-13(12-25)10-17-23-19(28-24-17)14-2-5-16(21)6-3-14/h2-7,11,13H,8-10,12H2,1H3. The number of ether oxygens (including phenoxy) is 1. The molecule has 1 saturated heterocycles. The van der Waals surface area contributed by atoms with E-state index >= 15 is 0 Å². The fourth-order valence-corrected chi connectivity index (χ4v) is 3.30. The topological polar surface area (TPSA) is 81.4 Å². The minimum Gasteiger partial charge on any atom is -0.481 e. The van der Waals surface area contributed by atoms with Gasteiger partial charge in [-0.2, -0.15) is 4.98 Å². The fraction of sp³-hybridized carbons (Fsp3) is 0.300. The Kier molecular flexibility index (Phi) is 5.01. The van der Waals surface area contributed by atoms with Gasteiger partial charge in [-0.25, -0.2) is 9.37 Å². The Morgan fingerprint density at radius 1 is 1.29 bits per heavy atom. The van der Waals surface area contributed by atoms with Crippen LogP contribution in [0.2, 0.25) is 0 Å². The Balaban J connectivity index is 1.37. The van der Waals surface area contributed by atoms with Gasteiger partial charge in [-0.3, -0.25) is 4.79 Å². The SMILES string of the molecule is COc1ccc(C(=O)N2CCC(Cc3noc(-c4ccc(F)cc4)n3)C2)cn1. The Morgan fingerprint density at radius 2 is 2.11 bits per heavy atom. The molecule has 0 saturated carbocycles. The maximum atomic E-state index is 13.0.